The van der Waals surface area contributed by atoms with Crippen molar-refractivity contribution in [1.29, 1.82) is 5.26 Å². The predicted molar refractivity (Wildman–Crippen MR) is 66.5 cm³/mol. The molecule has 0 saturated carbocycles. The first-order valence-electron chi connectivity index (χ1n) is 5.53. The van der Waals surface area contributed by atoms with E-state index in [1.165, 1.54) is 4.57 Å². The molecule has 3 rings (SSSR count). The number of fused-ring (bicyclic) bond motifs is 3. The van der Waals surface area contributed by atoms with Crippen LogP contribution in [0.5, 0.6) is 0 Å². The first kappa shape index (κ1) is 10.7. The minimum Gasteiger partial charge on any atom is -0.316 e. The zero-order valence-corrected chi connectivity index (χ0v) is 9.71. The predicted octanol–water partition coefficient (Wildman–Crippen LogP) is 1.31. The third-order valence-electron chi connectivity index (χ3n) is 3.24. The number of nitrogens with zero attached hydrogens (tertiary/aromatic N) is 3. The number of aromatic nitrogens is 2. The van der Waals surface area contributed by atoms with E-state index in [-0.39, 0.29) is 5.91 Å². The summed E-state index contributed by atoms with van der Waals surface area (Å²) in [6.07, 6.45) is 0. The van der Waals surface area contributed by atoms with Crippen LogP contribution in [-0.4, -0.2) is 21.5 Å². The first-order valence-corrected chi connectivity index (χ1v) is 5.53. The van der Waals surface area contributed by atoms with Crippen LogP contribution in [0.4, 0.5) is 0 Å². The number of rotatable bonds is 0. The standard InChI is InChI=1S/C13H10N4O/c1-7-8(6-14)12-16-9-4-2-3-5-10(9)17(12)13(18)11(7)15/h2-5,11H,15H2,1H3. The lowest BCUT2D eigenvalue weighted by Crippen LogP contribution is -2.39. The van der Waals surface area contributed by atoms with Crippen molar-refractivity contribution in [3.05, 3.63) is 35.7 Å². The van der Waals surface area contributed by atoms with Crippen molar-refractivity contribution in [1.82, 2.24) is 9.55 Å². The minimum absolute atomic E-state index is 0.241. The highest BCUT2D eigenvalue weighted by Crippen LogP contribution is 2.29. The number of benzene rings is 1. The SMILES string of the molecule is CC1=C(C#N)c2nc3ccccc3n2C(=O)C1N. The Morgan fingerprint density at radius 3 is 2.89 bits per heavy atom. The lowest BCUT2D eigenvalue weighted by Gasteiger charge is -2.20. The van der Waals surface area contributed by atoms with E-state index in [4.69, 9.17) is 5.73 Å². The van der Waals surface area contributed by atoms with Crippen molar-refractivity contribution in [2.24, 2.45) is 5.73 Å². The van der Waals surface area contributed by atoms with E-state index in [2.05, 4.69) is 11.1 Å². The zero-order valence-electron chi connectivity index (χ0n) is 9.71. The van der Waals surface area contributed by atoms with Gasteiger partial charge in [-0.3, -0.25) is 9.36 Å². The summed E-state index contributed by atoms with van der Waals surface area (Å²) >= 11 is 0. The van der Waals surface area contributed by atoms with Crippen LogP contribution in [-0.2, 0) is 0 Å². The van der Waals surface area contributed by atoms with Crippen molar-refractivity contribution in [3.8, 4) is 6.07 Å². The molecule has 2 N–H and O–H groups in total. The Balaban J connectivity index is 2.46. The molecule has 0 radical (unpaired) electrons. The average Bonchev–Trinajstić information content (AvgIpc) is 2.76. The second-order valence-corrected chi connectivity index (χ2v) is 4.25. The normalized spacial score (nSPS) is 18.9. The number of carbonyl (C=O) groups excluding carboxylic acids is 1. The summed E-state index contributed by atoms with van der Waals surface area (Å²) in [5.74, 6) is 0.151. The minimum atomic E-state index is -0.773. The zero-order chi connectivity index (χ0) is 12.9. The van der Waals surface area contributed by atoms with Crippen LogP contribution < -0.4 is 5.73 Å². The maximum atomic E-state index is 12.2. The fourth-order valence-corrected chi connectivity index (χ4v) is 2.21. The van der Waals surface area contributed by atoms with Gasteiger partial charge in [0.2, 0.25) is 0 Å². The molecule has 1 aromatic carbocycles. The number of carbonyl (C=O) groups is 1. The third kappa shape index (κ3) is 1.18. The summed E-state index contributed by atoms with van der Waals surface area (Å²) in [5, 5.41) is 9.21. The molecule has 0 saturated heterocycles. The van der Waals surface area contributed by atoms with Gasteiger partial charge < -0.3 is 5.73 Å². The lowest BCUT2D eigenvalue weighted by atomic mass is 9.99. The Morgan fingerprint density at radius 2 is 2.17 bits per heavy atom. The average molecular weight is 238 g/mol. The van der Waals surface area contributed by atoms with Gasteiger partial charge in [-0.25, -0.2) is 4.98 Å². The number of imidazole rings is 1. The molecule has 88 valence electrons. The van der Waals surface area contributed by atoms with Gasteiger partial charge in [-0.1, -0.05) is 12.1 Å². The van der Waals surface area contributed by atoms with Gasteiger partial charge in [-0.15, -0.1) is 0 Å². The second kappa shape index (κ2) is 3.52. The van der Waals surface area contributed by atoms with E-state index in [9.17, 15) is 10.1 Å². The highest BCUT2D eigenvalue weighted by Gasteiger charge is 2.32. The molecule has 0 fully saturated rings. The highest BCUT2D eigenvalue weighted by molar-refractivity contribution is 6.03. The number of nitriles is 1. The maximum absolute atomic E-state index is 12.2. The van der Waals surface area contributed by atoms with Crippen molar-refractivity contribution >= 4 is 22.5 Å². The molecule has 0 amide bonds. The van der Waals surface area contributed by atoms with Crippen LogP contribution in [0.15, 0.2) is 29.8 Å². The van der Waals surface area contributed by atoms with E-state index in [0.29, 0.717) is 28.0 Å². The van der Waals surface area contributed by atoms with Crippen molar-refractivity contribution in [2.75, 3.05) is 0 Å². The molecule has 0 spiro atoms. The first-order chi connectivity index (χ1) is 8.65. The van der Waals surface area contributed by atoms with Crippen LogP contribution in [0.3, 0.4) is 0 Å². The molecule has 1 aliphatic heterocycles. The fourth-order valence-electron chi connectivity index (χ4n) is 2.21. The van der Waals surface area contributed by atoms with Gasteiger partial charge in [0.1, 0.15) is 12.1 Å². The van der Waals surface area contributed by atoms with Gasteiger partial charge in [-0.05, 0) is 24.6 Å². The van der Waals surface area contributed by atoms with Gasteiger partial charge in [0.25, 0.3) is 5.91 Å². The van der Waals surface area contributed by atoms with E-state index < -0.39 is 6.04 Å². The Labute approximate surface area is 103 Å². The van der Waals surface area contributed by atoms with Gasteiger partial charge in [-0.2, -0.15) is 5.26 Å². The summed E-state index contributed by atoms with van der Waals surface area (Å²) in [4.78, 5) is 16.6. The molecule has 2 heterocycles. The molecule has 2 aromatic rings. The van der Waals surface area contributed by atoms with E-state index in [0.717, 1.165) is 0 Å². The Hall–Kier alpha value is -2.45. The van der Waals surface area contributed by atoms with Gasteiger partial charge in [0.15, 0.2) is 5.82 Å². The number of para-hydroxylation sites is 2. The number of nitrogens with two attached hydrogens (primary N) is 1. The van der Waals surface area contributed by atoms with Crippen molar-refractivity contribution in [3.63, 3.8) is 0 Å². The van der Waals surface area contributed by atoms with Gasteiger partial charge in [0.05, 0.1) is 16.6 Å². The molecule has 5 nitrogen and oxygen atoms in total. The van der Waals surface area contributed by atoms with Crippen LogP contribution >= 0.6 is 0 Å². The largest absolute Gasteiger partial charge is 0.316 e. The highest BCUT2D eigenvalue weighted by atomic mass is 16.2. The summed E-state index contributed by atoms with van der Waals surface area (Å²) < 4.78 is 1.44. The Kier molecular flexibility index (Phi) is 2.09. The lowest BCUT2D eigenvalue weighted by molar-refractivity contribution is 0.0894. The van der Waals surface area contributed by atoms with Crippen LogP contribution in [0.2, 0.25) is 0 Å². The molecule has 1 aliphatic rings. The summed E-state index contributed by atoms with van der Waals surface area (Å²) in [5.41, 5.74) is 8.19. The topological polar surface area (TPSA) is 84.7 Å². The number of hydrogen-bond acceptors (Lipinski definition) is 4. The second-order valence-electron chi connectivity index (χ2n) is 4.25. The van der Waals surface area contributed by atoms with E-state index >= 15 is 0 Å². The molecule has 0 aliphatic carbocycles. The van der Waals surface area contributed by atoms with E-state index in [1.54, 1.807) is 13.0 Å². The monoisotopic (exact) mass is 238 g/mol. The molecule has 5 heteroatoms. The number of hydrogen-bond donors (Lipinski definition) is 1. The summed E-state index contributed by atoms with van der Waals surface area (Å²) in [6.45, 7) is 1.70. The molecular formula is C13H10N4O. The molecule has 18 heavy (non-hydrogen) atoms. The van der Waals surface area contributed by atoms with Crippen LogP contribution in [0, 0.1) is 11.3 Å². The van der Waals surface area contributed by atoms with Crippen molar-refractivity contribution < 1.29 is 4.79 Å². The van der Waals surface area contributed by atoms with Gasteiger partial charge in [0, 0.05) is 0 Å². The molecule has 1 aromatic heterocycles. The summed E-state index contributed by atoms with van der Waals surface area (Å²) in [7, 11) is 0. The van der Waals surface area contributed by atoms with Crippen molar-refractivity contribution in [2.45, 2.75) is 13.0 Å². The Morgan fingerprint density at radius 1 is 1.44 bits per heavy atom. The molecular weight excluding hydrogens is 228 g/mol. The Bertz CT molecular complexity index is 748. The maximum Gasteiger partial charge on any atom is 0.254 e. The van der Waals surface area contributed by atoms with E-state index in [1.807, 2.05) is 18.2 Å². The fraction of sp³-hybridized carbons (Fsp3) is 0.154. The third-order valence-corrected chi connectivity index (χ3v) is 3.24. The molecule has 1 atom stereocenters. The molecule has 1 unspecified atom stereocenters. The quantitative estimate of drug-likeness (QED) is 0.750. The molecule has 0 bridgehead atoms. The smallest absolute Gasteiger partial charge is 0.254 e. The van der Waals surface area contributed by atoms with Crippen LogP contribution in [0.1, 0.15) is 17.5 Å². The van der Waals surface area contributed by atoms with Crippen LogP contribution in [0.25, 0.3) is 16.6 Å². The van der Waals surface area contributed by atoms with Gasteiger partial charge >= 0.3 is 0 Å². The summed E-state index contributed by atoms with van der Waals surface area (Å²) in [6, 6.07) is 8.59. The number of allylic oxidation sites excluding steroid dienone is 1.